The molecule has 6 heteroatoms. The number of ether oxygens (including phenoxy) is 2. The van der Waals surface area contributed by atoms with E-state index in [0.29, 0.717) is 41.2 Å². The highest BCUT2D eigenvalue weighted by atomic mass is 79.9. The average Bonchev–Trinajstić information content (AvgIpc) is 2.86. The van der Waals surface area contributed by atoms with Crippen LogP contribution in [0.25, 0.3) is 0 Å². The lowest BCUT2D eigenvalue weighted by Gasteiger charge is -2.18. The van der Waals surface area contributed by atoms with Gasteiger partial charge in [-0.15, -0.1) is 0 Å². The molecule has 0 aromatic heterocycles. The highest BCUT2D eigenvalue weighted by Crippen LogP contribution is 2.37. The molecule has 2 rings (SSSR count). The molecule has 110 valence electrons. The minimum atomic E-state index is -0.0278. The van der Waals surface area contributed by atoms with Gasteiger partial charge >= 0.3 is 0 Å². The lowest BCUT2D eigenvalue weighted by atomic mass is 10.1. The van der Waals surface area contributed by atoms with E-state index in [0.717, 1.165) is 6.42 Å². The van der Waals surface area contributed by atoms with Gasteiger partial charge < -0.3 is 20.1 Å². The number of amides is 1. The average molecular weight is 343 g/mol. The number of methoxy groups -OCH3 is 1. The second kappa shape index (κ2) is 6.45. The fourth-order valence-corrected chi connectivity index (χ4v) is 2.84. The molecule has 1 saturated heterocycles. The number of carbonyl (C=O) groups excluding carboxylic acids is 1. The van der Waals surface area contributed by atoms with Gasteiger partial charge in [0.25, 0.3) is 5.91 Å². The molecule has 1 aromatic carbocycles. The first-order valence-corrected chi connectivity index (χ1v) is 7.41. The highest BCUT2D eigenvalue weighted by molar-refractivity contribution is 9.10. The van der Waals surface area contributed by atoms with E-state index in [1.54, 1.807) is 24.1 Å². The maximum absolute atomic E-state index is 12.4. The smallest absolute Gasteiger partial charge is 0.254 e. The Morgan fingerprint density at radius 2 is 2.30 bits per heavy atom. The Bertz CT molecular complexity index is 507. The van der Waals surface area contributed by atoms with E-state index in [1.807, 2.05) is 6.92 Å². The summed E-state index contributed by atoms with van der Waals surface area (Å²) in [5.41, 5.74) is 6.42. The summed E-state index contributed by atoms with van der Waals surface area (Å²) in [5, 5.41) is 0. The Morgan fingerprint density at radius 3 is 2.85 bits per heavy atom. The van der Waals surface area contributed by atoms with Crippen LogP contribution in [0.4, 0.5) is 0 Å². The topological polar surface area (TPSA) is 64.8 Å². The predicted molar refractivity (Wildman–Crippen MR) is 80.4 cm³/mol. The number of carbonyl (C=O) groups is 1. The number of rotatable bonds is 4. The van der Waals surface area contributed by atoms with E-state index in [4.69, 9.17) is 15.2 Å². The van der Waals surface area contributed by atoms with Crippen molar-refractivity contribution in [3.63, 3.8) is 0 Å². The molecule has 0 radical (unpaired) electrons. The largest absolute Gasteiger partial charge is 0.493 e. The highest BCUT2D eigenvalue weighted by Gasteiger charge is 2.26. The van der Waals surface area contributed by atoms with Crippen LogP contribution in [0.5, 0.6) is 11.5 Å². The fourth-order valence-electron chi connectivity index (χ4n) is 2.28. The van der Waals surface area contributed by atoms with Crippen LogP contribution in [0.1, 0.15) is 23.7 Å². The molecule has 5 nitrogen and oxygen atoms in total. The van der Waals surface area contributed by atoms with Gasteiger partial charge in [0.15, 0.2) is 11.5 Å². The molecular weight excluding hydrogens is 324 g/mol. The number of benzene rings is 1. The first-order valence-electron chi connectivity index (χ1n) is 6.62. The summed E-state index contributed by atoms with van der Waals surface area (Å²) in [7, 11) is 1.56. The third-order valence-electron chi connectivity index (χ3n) is 3.28. The van der Waals surface area contributed by atoms with Crippen molar-refractivity contribution in [1.29, 1.82) is 0 Å². The Morgan fingerprint density at radius 1 is 1.55 bits per heavy atom. The van der Waals surface area contributed by atoms with E-state index in [1.165, 1.54) is 0 Å². The molecular formula is C14H19BrN2O3. The summed E-state index contributed by atoms with van der Waals surface area (Å²) in [6.45, 7) is 3.74. The molecule has 1 atom stereocenters. The second-order valence-corrected chi connectivity index (χ2v) is 5.58. The molecule has 20 heavy (non-hydrogen) atoms. The normalized spacial score (nSPS) is 18.2. The van der Waals surface area contributed by atoms with E-state index >= 15 is 0 Å². The van der Waals surface area contributed by atoms with Crippen molar-refractivity contribution in [2.24, 2.45) is 5.73 Å². The zero-order valence-electron chi connectivity index (χ0n) is 11.7. The molecule has 0 saturated carbocycles. The Labute approximate surface area is 127 Å². The summed E-state index contributed by atoms with van der Waals surface area (Å²) in [5.74, 6) is 1.14. The molecule has 1 amide bonds. The van der Waals surface area contributed by atoms with Crippen molar-refractivity contribution in [3.05, 3.63) is 22.2 Å². The maximum Gasteiger partial charge on any atom is 0.254 e. The lowest BCUT2D eigenvalue weighted by Crippen LogP contribution is -2.31. The molecule has 1 aliphatic heterocycles. The van der Waals surface area contributed by atoms with Crippen LogP contribution in [-0.2, 0) is 0 Å². The van der Waals surface area contributed by atoms with E-state index in [2.05, 4.69) is 15.9 Å². The number of halogens is 1. The van der Waals surface area contributed by atoms with Crippen LogP contribution < -0.4 is 15.2 Å². The molecule has 1 aromatic rings. The number of likely N-dealkylation sites (tertiary alicyclic amines) is 1. The summed E-state index contributed by atoms with van der Waals surface area (Å²) in [4.78, 5) is 14.2. The van der Waals surface area contributed by atoms with Crippen molar-refractivity contribution in [1.82, 2.24) is 4.90 Å². The fraction of sp³-hybridized carbons (Fsp3) is 0.500. The maximum atomic E-state index is 12.4. The molecule has 0 spiro atoms. The molecule has 0 aliphatic carbocycles. The van der Waals surface area contributed by atoms with Gasteiger partial charge in [0.1, 0.15) is 0 Å². The van der Waals surface area contributed by atoms with Crippen LogP contribution in [0, 0.1) is 0 Å². The van der Waals surface area contributed by atoms with Gasteiger partial charge in [0, 0.05) is 24.7 Å². The number of nitrogens with two attached hydrogens (primary N) is 1. The van der Waals surface area contributed by atoms with E-state index in [-0.39, 0.29) is 11.9 Å². The standard InChI is InChI=1S/C14H19BrN2O3/c1-3-20-13-11(15)6-9(7-12(13)19-2)14(18)17-5-4-10(16)8-17/h6-7,10H,3-5,8,16H2,1-2H3/t10-/m1/s1. The molecule has 1 fully saturated rings. The van der Waals surface area contributed by atoms with Crippen LogP contribution >= 0.6 is 15.9 Å². The van der Waals surface area contributed by atoms with Crippen molar-refractivity contribution in [3.8, 4) is 11.5 Å². The molecule has 1 aliphatic rings. The minimum absolute atomic E-state index is 0.0278. The number of hydrogen-bond donors (Lipinski definition) is 1. The Balaban J connectivity index is 2.28. The third-order valence-corrected chi connectivity index (χ3v) is 3.87. The minimum Gasteiger partial charge on any atom is -0.493 e. The lowest BCUT2D eigenvalue weighted by molar-refractivity contribution is 0.0790. The van der Waals surface area contributed by atoms with E-state index in [9.17, 15) is 4.79 Å². The first-order chi connectivity index (χ1) is 9.56. The summed E-state index contributed by atoms with van der Waals surface area (Å²) in [6, 6.07) is 3.55. The second-order valence-electron chi connectivity index (χ2n) is 4.72. The summed E-state index contributed by atoms with van der Waals surface area (Å²) in [6.07, 6.45) is 0.848. The van der Waals surface area contributed by atoms with Crippen LogP contribution in [0.15, 0.2) is 16.6 Å². The Kier molecular flexibility index (Phi) is 4.88. The van der Waals surface area contributed by atoms with Gasteiger partial charge in [-0.3, -0.25) is 4.79 Å². The quantitative estimate of drug-likeness (QED) is 0.909. The third kappa shape index (κ3) is 3.07. The van der Waals surface area contributed by atoms with Crippen LogP contribution in [0.2, 0.25) is 0 Å². The first kappa shape index (κ1) is 15.1. The van der Waals surface area contributed by atoms with Gasteiger partial charge in [0.2, 0.25) is 0 Å². The molecule has 0 bridgehead atoms. The van der Waals surface area contributed by atoms with Gasteiger partial charge in [-0.25, -0.2) is 0 Å². The monoisotopic (exact) mass is 342 g/mol. The van der Waals surface area contributed by atoms with Crippen molar-refractivity contribution >= 4 is 21.8 Å². The van der Waals surface area contributed by atoms with Gasteiger partial charge in [-0.05, 0) is 41.4 Å². The van der Waals surface area contributed by atoms with Gasteiger partial charge in [0.05, 0.1) is 18.2 Å². The molecule has 0 unspecified atom stereocenters. The Hall–Kier alpha value is -1.27. The summed E-state index contributed by atoms with van der Waals surface area (Å²) >= 11 is 3.43. The van der Waals surface area contributed by atoms with Gasteiger partial charge in [-0.1, -0.05) is 0 Å². The summed E-state index contributed by atoms with van der Waals surface area (Å²) < 4.78 is 11.5. The molecule has 1 heterocycles. The zero-order valence-corrected chi connectivity index (χ0v) is 13.3. The van der Waals surface area contributed by atoms with Gasteiger partial charge in [-0.2, -0.15) is 0 Å². The van der Waals surface area contributed by atoms with Crippen LogP contribution in [0.3, 0.4) is 0 Å². The molecule has 2 N–H and O–H groups in total. The zero-order chi connectivity index (χ0) is 14.7. The predicted octanol–water partition coefficient (Wildman–Crippen LogP) is 2.03. The van der Waals surface area contributed by atoms with Crippen molar-refractivity contribution in [2.45, 2.75) is 19.4 Å². The SMILES string of the molecule is CCOc1c(Br)cc(C(=O)N2CC[C@@H](N)C2)cc1OC. The van der Waals surface area contributed by atoms with E-state index < -0.39 is 0 Å². The van der Waals surface area contributed by atoms with Crippen molar-refractivity contribution in [2.75, 3.05) is 26.8 Å². The van der Waals surface area contributed by atoms with Crippen LogP contribution in [-0.4, -0.2) is 43.7 Å². The number of nitrogens with zero attached hydrogens (tertiary/aromatic N) is 1. The van der Waals surface area contributed by atoms with Crippen molar-refractivity contribution < 1.29 is 14.3 Å². The number of hydrogen-bond acceptors (Lipinski definition) is 4.